The number of pyridine rings is 2. The molecule has 1 aliphatic heterocycles. The second kappa shape index (κ2) is 8.86. The highest BCUT2D eigenvalue weighted by molar-refractivity contribution is 6.12. The SMILES string of the molecule is CCOc1cc(NC(=O)c2cnc(N3C[C@@H](C)N[C@@H](C)C3)c3nccnc23)cn2cc(C)nc12. The summed E-state index contributed by atoms with van der Waals surface area (Å²) in [5, 5.41) is 6.49. The smallest absolute Gasteiger partial charge is 0.259 e. The van der Waals surface area contributed by atoms with Crippen molar-refractivity contribution in [1.29, 1.82) is 0 Å². The van der Waals surface area contributed by atoms with Crippen molar-refractivity contribution in [2.75, 3.05) is 29.9 Å². The first-order chi connectivity index (χ1) is 16.4. The first kappa shape index (κ1) is 22.0. The fourth-order valence-corrected chi connectivity index (χ4v) is 4.56. The third kappa shape index (κ3) is 4.12. The highest BCUT2D eigenvalue weighted by Gasteiger charge is 2.25. The summed E-state index contributed by atoms with van der Waals surface area (Å²) in [5.41, 5.74) is 3.66. The van der Waals surface area contributed by atoms with Crippen molar-refractivity contribution in [2.45, 2.75) is 39.8 Å². The predicted octanol–water partition coefficient (Wildman–Crippen LogP) is 2.82. The zero-order chi connectivity index (χ0) is 23.8. The topological polar surface area (TPSA) is 110 Å². The Kier molecular flexibility index (Phi) is 5.74. The van der Waals surface area contributed by atoms with E-state index in [1.807, 2.05) is 30.6 Å². The van der Waals surface area contributed by atoms with Gasteiger partial charge in [0.1, 0.15) is 11.0 Å². The van der Waals surface area contributed by atoms with Crippen LogP contribution in [0.5, 0.6) is 5.75 Å². The van der Waals surface area contributed by atoms with Crippen LogP contribution in [0.1, 0.15) is 36.8 Å². The van der Waals surface area contributed by atoms with Gasteiger partial charge in [-0.05, 0) is 27.7 Å². The van der Waals surface area contributed by atoms with E-state index < -0.39 is 0 Å². The van der Waals surface area contributed by atoms with Gasteiger partial charge in [0.2, 0.25) is 0 Å². The largest absolute Gasteiger partial charge is 0.490 e. The maximum absolute atomic E-state index is 13.3. The van der Waals surface area contributed by atoms with Crippen LogP contribution in [-0.2, 0) is 0 Å². The van der Waals surface area contributed by atoms with Gasteiger partial charge >= 0.3 is 0 Å². The number of amides is 1. The summed E-state index contributed by atoms with van der Waals surface area (Å²) in [6.07, 6.45) is 8.52. The lowest BCUT2D eigenvalue weighted by Crippen LogP contribution is -2.54. The van der Waals surface area contributed by atoms with Gasteiger partial charge in [0.25, 0.3) is 5.91 Å². The number of rotatable bonds is 5. The molecule has 0 unspecified atom stereocenters. The minimum Gasteiger partial charge on any atom is -0.490 e. The van der Waals surface area contributed by atoms with E-state index in [-0.39, 0.29) is 5.91 Å². The number of fused-ring (bicyclic) bond motifs is 2. The zero-order valence-electron chi connectivity index (χ0n) is 19.7. The number of hydrogen-bond acceptors (Lipinski definition) is 8. The Morgan fingerprint density at radius 1 is 1.15 bits per heavy atom. The van der Waals surface area contributed by atoms with E-state index >= 15 is 0 Å². The number of aryl methyl sites for hydroxylation is 1. The molecule has 0 saturated carbocycles. The summed E-state index contributed by atoms with van der Waals surface area (Å²) in [5.74, 6) is 1.03. The number of aromatic nitrogens is 5. The second-order valence-corrected chi connectivity index (χ2v) is 8.72. The number of nitrogens with zero attached hydrogens (tertiary/aromatic N) is 6. The Labute approximate surface area is 197 Å². The van der Waals surface area contributed by atoms with Gasteiger partial charge in [-0.15, -0.1) is 0 Å². The summed E-state index contributed by atoms with van der Waals surface area (Å²) < 4.78 is 7.60. The average molecular weight is 461 g/mol. The molecule has 2 N–H and O–H groups in total. The van der Waals surface area contributed by atoms with E-state index in [4.69, 9.17) is 4.74 Å². The normalized spacial score (nSPS) is 18.4. The molecular formula is C24H28N8O2. The van der Waals surface area contributed by atoms with Gasteiger partial charge in [-0.2, -0.15) is 0 Å². The van der Waals surface area contributed by atoms with Crippen LogP contribution in [0.3, 0.4) is 0 Å². The summed E-state index contributed by atoms with van der Waals surface area (Å²) >= 11 is 0. The summed E-state index contributed by atoms with van der Waals surface area (Å²) in [6, 6.07) is 2.42. The van der Waals surface area contributed by atoms with Gasteiger partial charge < -0.3 is 24.7 Å². The molecular weight excluding hydrogens is 432 g/mol. The molecule has 2 atom stereocenters. The molecule has 4 aromatic heterocycles. The Hall–Kier alpha value is -3.79. The van der Waals surface area contributed by atoms with Crippen LogP contribution in [0.2, 0.25) is 0 Å². The molecule has 0 aliphatic carbocycles. The Morgan fingerprint density at radius 2 is 1.88 bits per heavy atom. The fourth-order valence-electron chi connectivity index (χ4n) is 4.56. The minimum atomic E-state index is -0.315. The van der Waals surface area contributed by atoms with Crippen LogP contribution in [0.15, 0.2) is 37.1 Å². The number of nitrogens with one attached hydrogen (secondary N) is 2. The van der Waals surface area contributed by atoms with Crippen molar-refractivity contribution in [2.24, 2.45) is 0 Å². The fraction of sp³-hybridized carbons (Fsp3) is 0.375. The number of carbonyl (C=O) groups excluding carboxylic acids is 1. The molecule has 10 heteroatoms. The van der Waals surface area contributed by atoms with E-state index in [9.17, 15) is 4.79 Å². The maximum atomic E-state index is 13.3. The van der Waals surface area contributed by atoms with Crippen molar-refractivity contribution < 1.29 is 9.53 Å². The van der Waals surface area contributed by atoms with E-state index in [0.29, 0.717) is 52.4 Å². The first-order valence-electron chi connectivity index (χ1n) is 11.5. The molecule has 1 amide bonds. The molecule has 5 heterocycles. The van der Waals surface area contributed by atoms with Gasteiger partial charge in [0.15, 0.2) is 17.2 Å². The molecule has 0 radical (unpaired) electrons. The number of piperazine rings is 1. The lowest BCUT2D eigenvalue weighted by atomic mass is 10.1. The molecule has 1 fully saturated rings. The summed E-state index contributed by atoms with van der Waals surface area (Å²) in [6.45, 7) is 10.2. The molecule has 5 rings (SSSR count). The van der Waals surface area contributed by atoms with Gasteiger partial charge in [0, 0.05) is 62.2 Å². The van der Waals surface area contributed by atoms with E-state index in [1.165, 1.54) is 0 Å². The van der Waals surface area contributed by atoms with Crippen molar-refractivity contribution >= 4 is 34.1 Å². The second-order valence-electron chi connectivity index (χ2n) is 8.72. The van der Waals surface area contributed by atoms with Crippen LogP contribution < -0.4 is 20.3 Å². The number of hydrogen-bond donors (Lipinski definition) is 2. The van der Waals surface area contributed by atoms with E-state index in [0.717, 1.165) is 24.6 Å². The van der Waals surface area contributed by atoms with Crippen LogP contribution in [-0.4, -0.2) is 62.0 Å². The highest BCUT2D eigenvalue weighted by Crippen LogP contribution is 2.28. The van der Waals surface area contributed by atoms with Crippen LogP contribution in [0.4, 0.5) is 11.5 Å². The third-order valence-electron chi connectivity index (χ3n) is 5.78. The predicted molar refractivity (Wildman–Crippen MR) is 131 cm³/mol. The zero-order valence-corrected chi connectivity index (χ0v) is 19.7. The van der Waals surface area contributed by atoms with Crippen molar-refractivity contribution in [1.82, 2.24) is 29.7 Å². The lowest BCUT2D eigenvalue weighted by Gasteiger charge is -2.37. The number of ether oxygens (including phenoxy) is 1. The van der Waals surface area contributed by atoms with Gasteiger partial charge in [-0.1, -0.05) is 0 Å². The Bertz CT molecular complexity index is 1360. The molecule has 10 nitrogen and oxygen atoms in total. The molecule has 176 valence electrons. The highest BCUT2D eigenvalue weighted by atomic mass is 16.5. The minimum absolute atomic E-state index is 0.315. The molecule has 1 saturated heterocycles. The van der Waals surface area contributed by atoms with Crippen LogP contribution >= 0.6 is 0 Å². The standard InChI is InChI=1S/C24H28N8O2/c1-5-34-19-8-17(13-32-12-16(4)29-22(19)32)30-24(33)18-9-27-23(21-20(18)25-6-7-26-21)31-10-14(2)28-15(3)11-31/h6-9,12-15,28H,5,10-11H2,1-4H3,(H,30,33)/t14-,15+. The summed E-state index contributed by atoms with van der Waals surface area (Å²) in [7, 11) is 0. The molecule has 0 bridgehead atoms. The molecule has 0 aromatic carbocycles. The molecule has 4 aromatic rings. The Balaban J connectivity index is 1.50. The van der Waals surface area contributed by atoms with E-state index in [2.05, 4.69) is 49.3 Å². The van der Waals surface area contributed by atoms with Crippen LogP contribution in [0, 0.1) is 6.92 Å². The quantitative estimate of drug-likeness (QED) is 0.468. The number of carbonyl (C=O) groups is 1. The lowest BCUT2D eigenvalue weighted by molar-refractivity contribution is 0.102. The third-order valence-corrected chi connectivity index (χ3v) is 5.78. The molecule has 0 spiro atoms. The number of anilines is 2. The van der Waals surface area contributed by atoms with Crippen molar-refractivity contribution in [3.8, 4) is 5.75 Å². The van der Waals surface area contributed by atoms with E-state index in [1.54, 1.807) is 24.7 Å². The molecule has 1 aliphatic rings. The van der Waals surface area contributed by atoms with Crippen molar-refractivity contribution in [3.63, 3.8) is 0 Å². The maximum Gasteiger partial charge on any atom is 0.259 e. The van der Waals surface area contributed by atoms with Crippen LogP contribution in [0.25, 0.3) is 16.7 Å². The van der Waals surface area contributed by atoms with Gasteiger partial charge in [0.05, 0.1) is 23.6 Å². The first-order valence-corrected chi connectivity index (χ1v) is 11.5. The van der Waals surface area contributed by atoms with Gasteiger partial charge in [-0.3, -0.25) is 9.78 Å². The average Bonchev–Trinajstić information content (AvgIpc) is 3.18. The van der Waals surface area contributed by atoms with Crippen molar-refractivity contribution in [3.05, 3.63) is 48.3 Å². The van der Waals surface area contributed by atoms with Gasteiger partial charge in [-0.25, -0.2) is 15.0 Å². The number of imidazole rings is 1. The monoisotopic (exact) mass is 460 g/mol. The summed E-state index contributed by atoms with van der Waals surface area (Å²) in [4.78, 5) is 33.7. The Morgan fingerprint density at radius 3 is 2.62 bits per heavy atom. The molecule has 34 heavy (non-hydrogen) atoms.